The first kappa shape index (κ1) is 15.6. The number of hydrogen-bond acceptors (Lipinski definition) is 3. The predicted molar refractivity (Wildman–Crippen MR) is 99.9 cm³/mol. The highest BCUT2D eigenvalue weighted by Gasteiger charge is 2.31. The van der Waals surface area contributed by atoms with E-state index in [0.29, 0.717) is 12.3 Å². The summed E-state index contributed by atoms with van der Waals surface area (Å²) in [4.78, 5) is 14.8. The number of aromatic nitrogens is 3. The SMILES string of the molecule is O=C(Cc1cccc2ccccc12)N1CC[C@H](n2cc(C3CC3)nn2)C1. The molecule has 1 amide bonds. The summed E-state index contributed by atoms with van der Waals surface area (Å²) in [6.07, 6.45) is 5.96. The van der Waals surface area contributed by atoms with E-state index in [1.165, 1.54) is 23.6 Å². The molecule has 1 aliphatic heterocycles. The summed E-state index contributed by atoms with van der Waals surface area (Å²) < 4.78 is 1.97. The van der Waals surface area contributed by atoms with Crippen LogP contribution in [0.2, 0.25) is 0 Å². The molecule has 132 valence electrons. The van der Waals surface area contributed by atoms with Gasteiger partial charge in [0.25, 0.3) is 0 Å². The van der Waals surface area contributed by atoms with Crippen LogP contribution < -0.4 is 0 Å². The summed E-state index contributed by atoms with van der Waals surface area (Å²) in [5.41, 5.74) is 2.22. The largest absolute Gasteiger partial charge is 0.340 e. The van der Waals surface area contributed by atoms with Crippen molar-refractivity contribution >= 4 is 16.7 Å². The molecular weight excluding hydrogens is 324 g/mol. The summed E-state index contributed by atoms with van der Waals surface area (Å²) in [5.74, 6) is 0.820. The lowest BCUT2D eigenvalue weighted by molar-refractivity contribution is -0.129. The number of amides is 1. The van der Waals surface area contributed by atoms with Gasteiger partial charge in [-0.2, -0.15) is 0 Å². The molecule has 1 aliphatic carbocycles. The molecule has 1 saturated carbocycles. The lowest BCUT2D eigenvalue weighted by atomic mass is 10.0. The van der Waals surface area contributed by atoms with Crippen LogP contribution in [-0.4, -0.2) is 38.9 Å². The van der Waals surface area contributed by atoms with Crippen molar-refractivity contribution in [3.05, 3.63) is 59.9 Å². The van der Waals surface area contributed by atoms with Gasteiger partial charge in [-0.15, -0.1) is 5.10 Å². The lowest BCUT2D eigenvalue weighted by Gasteiger charge is -2.17. The van der Waals surface area contributed by atoms with Gasteiger partial charge in [0.05, 0.1) is 18.2 Å². The molecule has 26 heavy (non-hydrogen) atoms. The van der Waals surface area contributed by atoms with Crippen LogP contribution in [0.15, 0.2) is 48.7 Å². The maximum Gasteiger partial charge on any atom is 0.227 e. The second kappa shape index (κ2) is 6.24. The van der Waals surface area contributed by atoms with Crippen LogP contribution >= 0.6 is 0 Å². The number of likely N-dealkylation sites (tertiary alicyclic amines) is 1. The Morgan fingerprint density at radius 3 is 2.81 bits per heavy atom. The molecule has 0 radical (unpaired) electrons. The molecule has 1 atom stereocenters. The van der Waals surface area contributed by atoms with E-state index in [0.717, 1.165) is 30.8 Å². The molecule has 5 rings (SSSR count). The van der Waals surface area contributed by atoms with E-state index < -0.39 is 0 Å². The predicted octanol–water partition coefficient (Wildman–Crippen LogP) is 3.32. The molecule has 2 aliphatic rings. The lowest BCUT2D eigenvalue weighted by Crippen LogP contribution is -2.30. The Morgan fingerprint density at radius 1 is 1.08 bits per heavy atom. The molecule has 3 aromatic rings. The van der Waals surface area contributed by atoms with E-state index in [-0.39, 0.29) is 11.9 Å². The number of carbonyl (C=O) groups excluding carboxylic acids is 1. The van der Waals surface area contributed by atoms with E-state index in [2.05, 4.69) is 40.8 Å². The van der Waals surface area contributed by atoms with Gasteiger partial charge in [-0.25, -0.2) is 4.68 Å². The zero-order chi connectivity index (χ0) is 17.5. The molecule has 2 fully saturated rings. The quantitative estimate of drug-likeness (QED) is 0.728. The highest BCUT2D eigenvalue weighted by atomic mass is 16.2. The molecule has 0 spiro atoms. The van der Waals surface area contributed by atoms with Gasteiger partial charge in [-0.3, -0.25) is 4.79 Å². The van der Waals surface area contributed by atoms with Crippen molar-refractivity contribution in [1.82, 2.24) is 19.9 Å². The average molecular weight is 346 g/mol. The van der Waals surface area contributed by atoms with Crippen molar-refractivity contribution in [2.24, 2.45) is 0 Å². The van der Waals surface area contributed by atoms with Gasteiger partial charge in [-0.05, 0) is 35.6 Å². The Bertz CT molecular complexity index is 954. The topological polar surface area (TPSA) is 51.0 Å². The molecule has 5 heteroatoms. The number of benzene rings is 2. The molecule has 0 unspecified atom stereocenters. The van der Waals surface area contributed by atoms with E-state index >= 15 is 0 Å². The van der Waals surface area contributed by atoms with Crippen LogP contribution in [0.1, 0.15) is 42.5 Å². The van der Waals surface area contributed by atoms with E-state index in [1.807, 2.05) is 27.8 Å². The van der Waals surface area contributed by atoms with Crippen LogP contribution in [0.4, 0.5) is 0 Å². The Labute approximate surface area is 152 Å². The first-order valence-electron chi connectivity index (χ1n) is 9.44. The van der Waals surface area contributed by atoms with Gasteiger partial charge in [0, 0.05) is 25.2 Å². The van der Waals surface area contributed by atoms with Gasteiger partial charge >= 0.3 is 0 Å². The third kappa shape index (κ3) is 2.87. The number of rotatable bonds is 4. The number of nitrogens with zero attached hydrogens (tertiary/aromatic N) is 4. The maximum atomic E-state index is 12.8. The smallest absolute Gasteiger partial charge is 0.227 e. The summed E-state index contributed by atoms with van der Waals surface area (Å²) in [6, 6.07) is 14.7. The second-order valence-electron chi connectivity index (χ2n) is 7.49. The van der Waals surface area contributed by atoms with Crippen LogP contribution in [0.5, 0.6) is 0 Å². The molecule has 2 aromatic carbocycles. The van der Waals surface area contributed by atoms with Gasteiger partial charge in [-0.1, -0.05) is 47.7 Å². The zero-order valence-corrected chi connectivity index (χ0v) is 14.7. The van der Waals surface area contributed by atoms with E-state index in [9.17, 15) is 4.79 Å². The van der Waals surface area contributed by atoms with Crippen molar-refractivity contribution < 1.29 is 4.79 Å². The Kier molecular flexibility index (Phi) is 3.73. The number of fused-ring (bicyclic) bond motifs is 1. The van der Waals surface area contributed by atoms with Crippen molar-refractivity contribution in [3.8, 4) is 0 Å². The van der Waals surface area contributed by atoms with Crippen molar-refractivity contribution in [1.29, 1.82) is 0 Å². The summed E-state index contributed by atoms with van der Waals surface area (Å²) in [7, 11) is 0. The first-order valence-corrected chi connectivity index (χ1v) is 9.44. The van der Waals surface area contributed by atoms with Gasteiger partial charge in [0.2, 0.25) is 5.91 Å². The standard InChI is InChI=1S/C21H22N4O/c26-21(12-17-6-3-5-15-4-1-2-7-19(15)17)24-11-10-18(13-24)25-14-20(22-23-25)16-8-9-16/h1-7,14,16,18H,8-13H2/t18-/m0/s1. The van der Waals surface area contributed by atoms with Gasteiger partial charge < -0.3 is 4.90 Å². The molecule has 5 nitrogen and oxygen atoms in total. The van der Waals surface area contributed by atoms with Crippen LogP contribution in [0.25, 0.3) is 10.8 Å². The Balaban J connectivity index is 1.28. The maximum absolute atomic E-state index is 12.8. The Hall–Kier alpha value is -2.69. The first-order chi connectivity index (χ1) is 12.8. The zero-order valence-electron chi connectivity index (χ0n) is 14.7. The van der Waals surface area contributed by atoms with Crippen molar-refractivity contribution in [2.75, 3.05) is 13.1 Å². The monoisotopic (exact) mass is 346 g/mol. The fraction of sp³-hybridized carbons (Fsp3) is 0.381. The highest BCUT2D eigenvalue weighted by Crippen LogP contribution is 2.39. The molecule has 1 saturated heterocycles. The molecule has 1 aromatic heterocycles. The van der Waals surface area contributed by atoms with Crippen LogP contribution in [-0.2, 0) is 11.2 Å². The third-order valence-corrected chi connectivity index (χ3v) is 5.64. The van der Waals surface area contributed by atoms with Crippen molar-refractivity contribution in [2.45, 2.75) is 37.6 Å². The minimum Gasteiger partial charge on any atom is -0.340 e. The number of hydrogen-bond donors (Lipinski definition) is 0. The minimum absolute atomic E-state index is 0.200. The van der Waals surface area contributed by atoms with E-state index in [4.69, 9.17) is 0 Å². The average Bonchev–Trinajstić information content (AvgIpc) is 3.20. The Morgan fingerprint density at radius 2 is 1.92 bits per heavy atom. The number of carbonyl (C=O) groups is 1. The van der Waals surface area contributed by atoms with Crippen LogP contribution in [0, 0.1) is 0 Å². The van der Waals surface area contributed by atoms with E-state index in [1.54, 1.807) is 0 Å². The molecule has 0 N–H and O–H groups in total. The van der Waals surface area contributed by atoms with Gasteiger partial charge in [0.1, 0.15) is 0 Å². The molecule has 2 heterocycles. The minimum atomic E-state index is 0.200. The van der Waals surface area contributed by atoms with Crippen molar-refractivity contribution in [3.63, 3.8) is 0 Å². The fourth-order valence-corrected chi connectivity index (χ4v) is 3.94. The van der Waals surface area contributed by atoms with Crippen LogP contribution in [0.3, 0.4) is 0 Å². The second-order valence-corrected chi connectivity index (χ2v) is 7.49. The summed E-state index contributed by atoms with van der Waals surface area (Å²) in [6.45, 7) is 1.53. The van der Waals surface area contributed by atoms with Gasteiger partial charge in [0.15, 0.2) is 0 Å². The fourth-order valence-electron chi connectivity index (χ4n) is 3.94. The summed E-state index contributed by atoms with van der Waals surface area (Å²) >= 11 is 0. The normalized spacial score (nSPS) is 20.0. The third-order valence-electron chi connectivity index (χ3n) is 5.64. The highest BCUT2D eigenvalue weighted by molar-refractivity contribution is 5.90. The molecular formula is C21H22N4O. The summed E-state index contributed by atoms with van der Waals surface area (Å²) in [5, 5.41) is 11.0. The molecule has 0 bridgehead atoms.